The Balaban J connectivity index is 2.61. The Bertz CT molecular complexity index is 322. The van der Waals surface area contributed by atoms with Crippen LogP contribution in [-0.4, -0.2) is 12.6 Å². The average Bonchev–Trinajstić information content (AvgIpc) is 2.28. The first kappa shape index (κ1) is 14.2. The summed E-state index contributed by atoms with van der Waals surface area (Å²) >= 11 is 0. The molecule has 96 valence electrons. The fourth-order valence-electron chi connectivity index (χ4n) is 2.01. The number of hydrogen-bond donors (Lipinski definition) is 1. The van der Waals surface area contributed by atoms with Gasteiger partial charge in [0.05, 0.1) is 0 Å². The molecule has 1 rings (SSSR count). The molecule has 0 aromatic heterocycles. The minimum Gasteiger partial charge on any atom is -0.315 e. The van der Waals surface area contributed by atoms with Gasteiger partial charge in [0.2, 0.25) is 0 Å². The Morgan fingerprint density at radius 2 is 1.71 bits per heavy atom. The molecule has 1 nitrogen and oxygen atoms in total. The van der Waals surface area contributed by atoms with Crippen molar-refractivity contribution in [2.45, 2.75) is 58.9 Å². The van der Waals surface area contributed by atoms with Crippen molar-refractivity contribution in [1.29, 1.82) is 0 Å². The van der Waals surface area contributed by atoms with Gasteiger partial charge in [0.1, 0.15) is 0 Å². The third-order valence-electron chi connectivity index (χ3n) is 3.45. The maximum atomic E-state index is 3.49. The highest BCUT2D eigenvalue weighted by Gasteiger charge is 2.19. The second-order valence-corrected chi connectivity index (χ2v) is 5.79. The van der Waals surface area contributed by atoms with Gasteiger partial charge in [-0.1, -0.05) is 58.9 Å². The van der Waals surface area contributed by atoms with E-state index in [0.29, 0.717) is 6.04 Å². The van der Waals surface area contributed by atoms with E-state index in [4.69, 9.17) is 0 Å². The number of hydrogen-bond acceptors (Lipinski definition) is 1. The third kappa shape index (κ3) is 4.51. The van der Waals surface area contributed by atoms with E-state index in [1.54, 1.807) is 0 Å². The minimum atomic E-state index is 0.258. The molecule has 1 aromatic carbocycles. The molecular weight excluding hydrogens is 206 g/mol. The van der Waals surface area contributed by atoms with Gasteiger partial charge >= 0.3 is 0 Å². The van der Waals surface area contributed by atoms with E-state index in [0.717, 1.165) is 13.0 Å². The molecule has 0 fully saturated rings. The summed E-state index contributed by atoms with van der Waals surface area (Å²) in [7, 11) is 0. The van der Waals surface area contributed by atoms with Crippen molar-refractivity contribution < 1.29 is 0 Å². The maximum Gasteiger partial charge on any atom is 0.00103 e. The molecular formula is C16H27N. The molecule has 0 aliphatic rings. The van der Waals surface area contributed by atoms with Crippen LogP contribution in [0, 0.1) is 0 Å². The lowest BCUT2D eigenvalue weighted by Crippen LogP contribution is -2.29. The van der Waals surface area contributed by atoms with Crippen LogP contribution in [0.25, 0.3) is 0 Å². The number of nitrogens with one attached hydrogen (secondary N) is 1. The summed E-state index contributed by atoms with van der Waals surface area (Å²) < 4.78 is 0. The predicted molar refractivity (Wildman–Crippen MR) is 76.6 cm³/mol. The van der Waals surface area contributed by atoms with Gasteiger partial charge in [-0.3, -0.25) is 0 Å². The molecule has 1 heteroatoms. The van der Waals surface area contributed by atoms with Crippen LogP contribution in [0.4, 0.5) is 0 Å². The Labute approximate surface area is 107 Å². The van der Waals surface area contributed by atoms with Crippen LogP contribution in [0.5, 0.6) is 0 Å². The quantitative estimate of drug-likeness (QED) is 0.785. The van der Waals surface area contributed by atoms with E-state index in [1.165, 1.54) is 17.5 Å². The normalized spacial score (nSPS) is 12.1. The molecule has 1 aromatic rings. The van der Waals surface area contributed by atoms with E-state index in [-0.39, 0.29) is 5.41 Å². The van der Waals surface area contributed by atoms with Crippen LogP contribution in [0.2, 0.25) is 0 Å². The van der Waals surface area contributed by atoms with Gasteiger partial charge in [-0.05, 0) is 35.9 Å². The molecule has 1 N–H and O–H groups in total. The van der Waals surface area contributed by atoms with Crippen LogP contribution < -0.4 is 5.32 Å². The Morgan fingerprint density at radius 1 is 1.12 bits per heavy atom. The second-order valence-electron chi connectivity index (χ2n) is 5.79. The van der Waals surface area contributed by atoms with Gasteiger partial charge in [0, 0.05) is 6.04 Å². The monoisotopic (exact) mass is 233 g/mol. The van der Waals surface area contributed by atoms with Crippen molar-refractivity contribution in [2.75, 3.05) is 6.54 Å². The van der Waals surface area contributed by atoms with Crippen molar-refractivity contribution in [3.05, 3.63) is 35.4 Å². The maximum absolute atomic E-state index is 3.49. The lowest BCUT2D eigenvalue weighted by molar-refractivity contribution is 0.441. The second kappa shape index (κ2) is 6.20. The lowest BCUT2D eigenvalue weighted by atomic mass is 9.81. The van der Waals surface area contributed by atoms with Crippen LogP contribution in [0.1, 0.15) is 52.2 Å². The first-order valence-electron chi connectivity index (χ1n) is 6.78. The van der Waals surface area contributed by atoms with Crippen LogP contribution in [-0.2, 0) is 11.8 Å². The number of rotatable bonds is 6. The van der Waals surface area contributed by atoms with Crippen molar-refractivity contribution >= 4 is 0 Å². The first-order valence-corrected chi connectivity index (χ1v) is 6.78. The van der Waals surface area contributed by atoms with Gasteiger partial charge in [-0.15, -0.1) is 0 Å². The molecule has 0 saturated carbocycles. The summed E-state index contributed by atoms with van der Waals surface area (Å²) in [6.07, 6.45) is 2.30. The molecule has 0 aliphatic heterocycles. The summed E-state index contributed by atoms with van der Waals surface area (Å²) in [5, 5.41) is 3.49. The average molecular weight is 233 g/mol. The Morgan fingerprint density at radius 3 is 2.18 bits per heavy atom. The van der Waals surface area contributed by atoms with Crippen LogP contribution in [0.15, 0.2) is 24.3 Å². The molecule has 0 spiro atoms. The van der Waals surface area contributed by atoms with Gasteiger partial charge in [-0.2, -0.15) is 0 Å². The predicted octanol–water partition coefficient (Wildman–Crippen LogP) is 3.91. The highest BCUT2D eigenvalue weighted by atomic mass is 14.9. The molecule has 0 saturated heterocycles. The Hall–Kier alpha value is -0.820. The molecule has 17 heavy (non-hydrogen) atoms. The van der Waals surface area contributed by atoms with Gasteiger partial charge in [0.25, 0.3) is 0 Å². The number of benzene rings is 1. The Kier molecular flexibility index (Phi) is 5.20. The largest absolute Gasteiger partial charge is 0.315 e. The van der Waals surface area contributed by atoms with Crippen molar-refractivity contribution in [3.8, 4) is 0 Å². The fraction of sp³-hybridized carbons (Fsp3) is 0.625. The number of aryl methyl sites for hydroxylation is 1. The highest BCUT2D eigenvalue weighted by molar-refractivity contribution is 5.28. The van der Waals surface area contributed by atoms with Crippen LogP contribution in [0.3, 0.4) is 0 Å². The van der Waals surface area contributed by atoms with Crippen molar-refractivity contribution in [3.63, 3.8) is 0 Å². The molecule has 0 aliphatic carbocycles. The molecule has 0 amide bonds. The summed E-state index contributed by atoms with van der Waals surface area (Å²) in [5.74, 6) is 0. The van der Waals surface area contributed by atoms with E-state index in [2.05, 4.69) is 64.2 Å². The van der Waals surface area contributed by atoms with Crippen molar-refractivity contribution in [2.24, 2.45) is 0 Å². The van der Waals surface area contributed by atoms with Gasteiger partial charge < -0.3 is 5.32 Å². The smallest absolute Gasteiger partial charge is 0.00103 e. The zero-order valence-corrected chi connectivity index (χ0v) is 12.0. The molecule has 0 unspecified atom stereocenters. The molecule has 0 heterocycles. The van der Waals surface area contributed by atoms with E-state index >= 15 is 0 Å². The minimum absolute atomic E-state index is 0.258. The zero-order chi connectivity index (χ0) is 12.9. The summed E-state index contributed by atoms with van der Waals surface area (Å²) in [4.78, 5) is 0. The summed E-state index contributed by atoms with van der Waals surface area (Å²) in [6.45, 7) is 12.3. The van der Waals surface area contributed by atoms with Gasteiger partial charge in [-0.25, -0.2) is 0 Å². The first-order chi connectivity index (χ1) is 7.95. The lowest BCUT2D eigenvalue weighted by Gasteiger charge is -2.26. The molecule has 0 atom stereocenters. The van der Waals surface area contributed by atoms with Crippen LogP contribution >= 0.6 is 0 Å². The van der Waals surface area contributed by atoms with E-state index in [1.807, 2.05) is 0 Å². The molecule has 0 bridgehead atoms. The summed E-state index contributed by atoms with van der Waals surface area (Å²) in [6, 6.07) is 9.66. The SMILES string of the molecule is CCc1ccc(C(C)(C)CCNC(C)C)cc1. The van der Waals surface area contributed by atoms with Crippen molar-refractivity contribution in [1.82, 2.24) is 5.32 Å². The van der Waals surface area contributed by atoms with Gasteiger partial charge in [0.15, 0.2) is 0 Å². The van der Waals surface area contributed by atoms with E-state index in [9.17, 15) is 0 Å². The summed E-state index contributed by atoms with van der Waals surface area (Å²) in [5.41, 5.74) is 3.12. The molecule has 0 radical (unpaired) electrons. The topological polar surface area (TPSA) is 12.0 Å². The third-order valence-corrected chi connectivity index (χ3v) is 3.45. The standard InChI is InChI=1S/C16H27N/c1-6-14-7-9-15(10-8-14)16(4,5)11-12-17-13(2)3/h7-10,13,17H,6,11-12H2,1-5H3. The van der Waals surface area contributed by atoms with E-state index < -0.39 is 0 Å². The fourth-order valence-corrected chi connectivity index (χ4v) is 2.01. The zero-order valence-electron chi connectivity index (χ0n) is 12.0. The highest BCUT2D eigenvalue weighted by Crippen LogP contribution is 2.26.